The zero-order valence-electron chi connectivity index (χ0n) is 13.0. The topological polar surface area (TPSA) is 42.3 Å². The first-order valence-corrected chi connectivity index (χ1v) is 9.00. The molecule has 2 aromatic heterocycles. The number of pyridine rings is 1. The van der Waals surface area contributed by atoms with Crippen LogP contribution in [0.25, 0.3) is 0 Å². The van der Waals surface area contributed by atoms with Crippen molar-refractivity contribution in [1.82, 2.24) is 9.47 Å². The fourth-order valence-electron chi connectivity index (χ4n) is 3.87. The van der Waals surface area contributed by atoms with Crippen molar-refractivity contribution in [3.63, 3.8) is 0 Å². The molecule has 7 heteroatoms. The summed E-state index contributed by atoms with van der Waals surface area (Å²) < 4.78 is 2.56. The second kappa shape index (κ2) is 7.00. The zero-order chi connectivity index (χ0) is 16.0. The molecule has 0 aromatic carbocycles. The molecule has 0 aliphatic carbocycles. The maximum atomic E-state index is 12.4. The third-order valence-corrected chi connectivity index (χ3v) is 6.04. The summed E-state index contributed by atoms with van der Waals surface area (Å²) >= 11 is 7.26. The number of carbonyl (C=O) groups is 1. The van der Waals surface area contributed by atoms with Crippen molar-refractivity contribution in [2.45, 2.75) is 18.9 Å². The number of rotatable bonds is 3. The minimum atomic E-state index is 0. The molecule has 128 valence electrons. The molecular weight excluding hydrogens is 367 g/mol. The molecule has 2 aliphatic heterocycles. The molecule has 4 nitrogen and oxygen atoms in total. The number of carbonyl (C=O) groups excluding carboxylic acids is 1. The van der Waals surface area contributed by atoms with Crippen molar-refractivity contribution in [2.75, 3.05) is 19.6 Å². The number of nitrogens with zero attached hydrogens (tertiary/aromatic N) is 2. The lowest BCUT2D eigenvalue weighted by atomic mass is 9.83. The van der Waals surface area contributed by atoms with Crippen LogP contribution in [0.4, 0.5) is 0 Å². The average Bonchev–Trinajstić information content (AvgIpc) is 2.95. The lowest BCUT2D eigenvalue weighted by molar-refractivity contribution is 0.0821. The number of fused-ring (bicyclic) bond motifs is 4. The lowest BCUT2D eigenvalue weighted by Crippen LogP contribution is -2.48. The van der Waals surface area contributed by atoms with Gasteiger partial charge < -0.3 is 4.57 Å². The molecule has 1 saturated heterocycles. The van der Waals surface area contributed by atoms with Crippen LogP contribution >= 0.6 is 35.3 Å². The number of likely N-dealkylation sites (tertiary alicyclic amines) is 1. The van der Waals surface area contributed by atoms with E-state index in [9.17, 15) is 9.59 Å². The molecule has 2 bridgehead atoms. The molecule has 0 amide bonds. The monoisotopic (exact) mass is 384 g/mol. The number of hydrogen-bond acceptors (Lipinski definition) is 4. The van der Waals surface area contributed by atoms with Crippen LogP contribution in [-0.2, 0) is 6.54 Å². The summed E-state index contributed by atoms with van der Waals surface area (Å²) in [6, 6.07) is 9.09. The summed E-state index contributed by atoms with van der Waals surface area (Å²) in [5.41, 5.74) is 1.21. The summed E-state index contributed by atoms with van der Waals surface area (Å²) in [5, 5.41) is 0. The highest BCUT2D eigenvalue weighted by Gasteiger charge is 2.35. The highest BCUT2D eigenvalue weighted by atomic mass is 35.5. The van der Waals surface area contributed by atoms with Crippen LogP contribution in [0.3, 0.4) is 0 Å². The first kappa shape index (κ1) is 17.7. The van der Waals surface area contributed by atoms with Gasteiger partial charge in [-0.05, 0) is 30.5 Å². The van der Waals surface area contributed by atoms with Crippen molar-refractivity contribution < 1.29 is 4.79 Å². The van der Waals surface area contributed by atoms with Gasteiger partial charge in [-0.25, -0.2) is 0 Å². The lowest BCUT2D eigenvalue weighted by Gasteiger charge is -2.42. The highest BCUT2D eigenvalue weighted by molar-refractivity contribution is 7.18. The van der Waals surface area contributed by atoms with Crippen LogP contribution in [-0.4, -0.2) is 34.9 Å². The van der Waals surface area contributed by atoms with E-state index < -0.39 is 0 Å². The van der Waals surface area contributed by atoms with E-state index in [0.717, 1.165) is 36.6 Å². The molecule has 0 spiro atoms. The van der Waals surface area contributed by atoms with Crippen LogP contribution in [0.5, 0.6) is 0 Å². The van der Waals surface area contributed by atoms with E-state index in [0.29, 0.717) is 22.7 Å². The number of ketones is 1. The van der Waals surface area contributed by atoms with Gasteiger partial charge in [-0.2, -0.15) is 0 Å². The van der Waals surface area contributed by atoms with Gasteiger partial charge in [0.2, 0.25) is 0 Å². The fraction of sp³-hybridized carbons (Fsp3) is 0.412. The van der Waals surface area contributed by atoms with Gasteiger partial charge in [0.1, 0.15) is 0 Å². The average molecular weight is 385 g/mol. The highest BCUT2D eigenvalue weighted by Crippen LogP contribution is 2.35. The molecular formula is C17H18Cl2N2O2S. The van der Waals surface area contributed by atoms with Crippen molar-refractivity contribution in [2.24, 2.45) is 5.92 Å². The number of aromatic nitrogens is 1. The second-order valence-corrected chi connectivity index (χ2v) is 8.13. The summed E-state index contributed by atoms with van der Waals surface area (Å²) in [7, 11) is 0. The fourth-order valence-corrected chi connectivity index (χ4v) is 4.84. The van der Waals surface area contributed by atoms with Crippen molar-refractivity contribution >= 4 is 41.1 Å². The molecule has 4 heterocycles. The van der Waals surface area contributed by atoms with Gasteiger partial charge in [0.05, 0.1) is 15.8 Å². The van der Waals surface area contributed by atoms with E-state index in [1.807, 2.05) is 16.7 Å². The summed E-state index contributed by atoms with van der Waals surface area (Å²) in [6.07, 6.45) is 1.11. The Morgan fingerprint density at radius 1 is 1.21 bits per heavy atom. The summed E-state index contributed by atoms with van der Waals surface area (Å²) in [6.45, 7) is 2.91. The van der Waals surface area contributed by atoms with Gasteiger partial charge in [0.25, 0.3) is 5.56 Å². The van der Waals surface area contributed by atoms with Crippen LogP contribution in [0.2, 0.25) is 4.34 Å². The van der Waals surface area contributed by atoms with Crippen molar-refractivity contribution in [3.05, 3.63) is 55.6 Å². The van der Waals surface area contributed by atoms with E-state index in [-0.39, 0.29) is 23.7 Å². The van der Waals surface area contributed by atoms with Gasteiger partial charge in [0, 0.05) is 37.3 Å². The van der Waals surface area contributed by atoms with Gasteiger partial charge in [0.15, 0.2) is 5.78 Å². The Labute approximate surface area is 155 Å². The summed E-state index contributed by atoms with van der Waals surface area (Å²) in [5.74, 6) is 0.921. The third-order valence-electron chi connectivity index (χ3n) is 4.77. The van der Waals surface area contributed by atoms with Gasteiger partial charge in [-0.1, -0.05) is 17.7 Å². The summed E-state index contributed by atoms with van der Waals surface area (Å²) in [4.78, 5) is 27.4. The molecule has 2 aliphatic rings. The number of piperidine rings is 1. The minimum absolute atomic E-state index is 0. The molecule has 4 rings (SSSR count). The largest absolute Gasteiger partial charge is 0.312 e. The van der Waals surface area contributed by atoms with Crippen molar-refractivity contribution in [3.8, 4) is 0 Å². The zero-order valence-corrected chi connectivity index (χ0v) is 15.4. The molecule has 24 heavy (non-hydrogen) atoms. The molecule has 2 atom stereocenters. The Bertz CT molecular complexity index is 817. The normalized spacial score (nSPS) is 22.5. The number of thiophene rings is 1. The Morgan fingerprint density at radius 2 is 2.04 bits per heavy atom. The van der Waals surface area contributed by atoms with E-state index in [2.05, 4.69) is 4.90 Å². The van der Waals surface area contributed by atoms with E-state index in [1.54, 1.807) is 18.2 Å². The Hall–Kier alpha value is -1.14. The molecule has 1 fully saturated rings. The van der Waals surface area contributed by atoms with Gasteiger partial charge in [-0.3, -0.25) is 14.5 Å². The third kappa shape index (κ3) is 3.31. The smallest absolute Gasteiger partial charge is 0.250 e. The molecule has 0 saturated carbocycles. The first-order valence-electron chi connectivity index (χ1n) is 7.81. The maximum absolute atomic E-state index is 12.4. The van der Waals surface area contributed by atoms with Crippen molar-refractivity contribution in [1.29, 1.82) is 0 Å². The van der Waals surface area contributed by atoms with E-state index >= 15 is 0 Å². The van der Waals surface area contributed by atoms with Crippen LogP contribution in [0, 0.1) is 5.92 Å². The number of halogens is 2. The Kier molecular flexibility index (Phi) is 5.16. The number of Topliss-reactive ketones (excluding diaryl/α,β-unsaturated/α-hetero) is 1. The maximum Gasteiger partial charge on any atom is 0.250 e. The predicted molar refractivity (Wildman–Crippen MR) is 98.9 cm³/mol. The van der Waals surface area contributed by atoms with Crippen LogP contribution in [0.15, 0.2) is 35.1 Å². The standard InChI is InChI=1S/C17H17ClN2O2S.ClH/c18-16-5-4-15(23-16)14(21)10-19-7-11-6-12(9-19)13-2-1-3-17(22)20(13)8-11;/h1-5,11-12H,6-10H2;1H/t11-,12-;/m0./s1. The predicted octanol–water partition coefficient (Wildman–Crippen LogP) is 3.29. The quantitative estimate of drug-likeness (QED) is 0.762. The first-order chi connectivity index (χ1) is 11.1. The van der Waals surface area contributed by atoms with E-state index in [1.165, 1.54) is 11.3 Å². The molecule has 2 aromatic rings. The molecule has 0 unspecified atom stereocenters. The second-order valence-electron chi connectivity index (χ2n) is 6.42. The number of hydrogen-bond donors (Lipinski definition) is 0. The van der Waals surface area contributed by atoms with Gasteiger partial charge in [-0.15, -0.1) is 23.7 Å². The van der Waals surface area contributed by atoms with Crippen LogP contribution in [0.1, 0.15) is 27.7 Å². The molecule has 0 N–H and O–H groups in total. The van der Waals surface area contributed by atoms with Crippen LogP contribution < -0.4 is 5.56 Å². The Morgan fingerprint density at radius 3 is 2.79 bits per heavy atom. The SMILES string of the molecule is Cl.O=C(CN1C[C@@H]2C[C@@H](C1)c1cccc(=O)n1C2)c1ccc(Cl)s1. The Balaban J connectivity index is 0.00000169. The minimum Gasteiger partial charge on any atom is -0.312 e. The van der Waals surface area contributed by atoms with Gasteiger partial charge >= 0.3 is 0 Å². The molecule has 0 radical (unpaired) electrons. The van der Waals surface area contributed by atoms with E-state index in [4.69, 9.17) is 11.6 Å².